The van der Waals surface area contributed by atoms with Gasteiger partial charge in [-0.15, -0.1) is 11.8 Å². The highest BCUT2D eigenvalue weighted by Crippen LogP contribution is 2.25. The standard InChI is InChI=1S/C12H21N3S/c1-4-5-10-11(13)14-8-15-12(10)16-7-6-9(2)3/h8-9H,4-7H2,1-3H3,(H2,13,14,15). The Morgan fingerprint density at radius 3 is 2.75 bits per heavy atom. The van der Waals surface area contributed by atoms with Gasteiger partial charge in [0.25, 0.3) is 0 Å². The molecule has 0 fully saturated rings. The number of nitrogens with two attached hydrogens (primary N) is 1. The van der Waals surface area contributed by atoms with E-state index in [0.717, 1.165) is 35.1 Å². The van der Waals surface area contributed by atoms with Crippen molar-refractivity contribution in [3.63, 3.8) is 0 Å². The molecule has 4 heteroatoms. The maximum atomic E-state index is 5.87. The number of hydrogen-bond acceptors (Lipinski definition) is 4. The SMILES string of the molecule is CCCc1c(N)ncnc1SCCC(C)C. The molecule has 0 bridgehead atoms. The molecule has 0 amide bonds. The topological polar surface area (TPSA) is 51.8 Å². The molecule has 1 aromatic rings. The van der Waals surface area contributed by atoms with Crippen LogP contribution < -0.4 is 5.73 Å². The minimum Gasteiger partial charge on any atom is -0.383 e. The van der Waals surface area contributed by atoms with Crippen molar-refractivity contribution in [2.75, 3.05) is 11.5 Å². The summed E-state index contributed by atoms with van der Waals surface area (Å²) >= 11 is 1.80. The van der Waals surface area contributed by atoms with Gasteiger partial charge in [-0.2, -0.15) is 0 Å². The van der Waals surface area contributed by atoms with Crippen LogP contribution in [0.5, 0.6) is 0 Å². The van der Waals surface area contributed by atoms with Crippen molar-refractivity contribution in [2.45, 2.75) is 45.1 Å². The molecule has 1 rings (SSSR count). The molecule has 1 aromatic heterocycles. The van der Waals surface area contributed by atoms with Gasteiger partial charge >= 0.3 is 0 Å². The molecular weight excluding hydrogens is 218 g/mol. The van der Waals surface area contributed by atoms with E-state index in [1.165, 1.54) is 6.42 Å². The first-order chi connectivity index (χ1) is 7.65. The predicted octanol–water partition coefficient (Wildman–Crippen LogP) is 3.15. The smallest absolute Gasteiger partial charge is 0.131 e. The summed E-state index contributed by atoms with van der Waals surface area (Å²) in [4.78, 5) is 8.38. The molecular formula is C12H21N3S. The van der Waals surface area contributed by atoms with Gasteiger partial charge < -0.3 is 5.73 Å². The van der Waals surface area contributed by atoms with Crippen LogP contribution in [0.1, 0.15) is 39.2 Å². The van der Waals surface area contributed by atoms with Gasteiger partial charge in [-0.3, -0.25) is 0 Å². The Balaban J connectivity index is 2.66. The third kappa shape index (κ3) is 4.00. The summed E-state index contributed by atoms with van der Waals surface area (Å²) in [6, 6.07) is 0. The summed E-state index contributed by atoms with van der Waals surface area (Å²) in [6.07, 6.45) is 4.82. The second kappa shape index (κ2) is 6.74. The Morgan fingerprint density at radius 1 is 1.38 bits per heavy atom. The molecule has 0 aliphatic rings. The van der Waals surface area contributed by atoms with Crippen LogP contribution in [0.4, 0.5) is 5.82 Å². The Bertz CT molecular complexity index is 326. The van der Waals surface area contributed by atoms with Crippen LogP contribution in [-0.2, 0) is 6.42 Å². The largest absolute Gasteiger partial charge is 0.383 e. The molecule has 0 unspecified atom stereocenters. The van der Waals surface area contributed by atoms with Crippen LogP contribution in [-0.4, -0.2) is 15.7 Å². The minimum atomic E-state index is 0.642. The highest BCUT2D eigenvalue weighted by Gasteiger charge is 2.08. The lowest BCUT2D eigenvalue weighted by Crippen LogP contribution is -2.02. The monoisotopic (exact) mass is 239 g/mol. The molecule has 90 valence electrons. The van der Waals surface area contributed by atoms with E-state index in [1.807, 2.05) is 0 Å². The van der Waals surface area contributed by atoms with Gasteiger partial charge in [-0.05, 0) is 24.5 Å². The maximum Gasteiger partial charge on any atom is 0.131 e. The van der Waals surface area contributed by atoms with Crippen LogP contribution in [0.15, 0.2) is 11.4 Å². The van der Waals surface area contributed by atoms with Crippen LogP contribution in [0.2, 0.25) is 0 Å². The molecule has 0 spiro atoms. The van der Waals surface area contributed by atoms with Gasteiger partial charge in [0.15, 0.2) is 0 Å². The van der Waals surface area contributed by atoms with Gasteiger partial charge in [0.2, 0.25) is 0 Å². The quantitative estimate of drug-likeness (QED) is 0.612. The lowest BCUT2D eigenvalue weighted by atomic mass is 10.2. The van der Waals surface area contributed by atoms with E-state index < -0.39 is 0 Å². The number of thioether (sulfide) groups is 1. The number of anilines is 1. The van der Waals surface area contributed by atoms with Gasteiger partial charge in [-0.25, -0.2) is 9.97 Å². The first-order valence-corrected chi connectivity index (χ1v) is 6.85. The van der Waals surface area contributed by atoms with E-state index in [2.05, 4.69) is 30.7 Å². The fourth-order valence-corrected chi connectivity index (χ4v) is 2.69. The molecule has 1 heterocycles. The number of nitrogen functional groups attached to an aromatic ring is 1. The molecule has 16 heavy (non-hydrogen) atoms. The van der Waals surface area contributed by atoms with Gasteiger partial charge in [0.1, 0.15) is 17.2 Å². The van der Waals surface area contributed by atoms with Crippen molar-refractivity contribution in [3.05, 3.63) is 11.9 Å². The van der Waals surface area contributed by atoms with E-state index in [9.17, 15) is 0 Å². The minimum absolute atomic E-state index is 0.642. The maximum absolute atomic E-state index is 5.87. The van der Waals surface area contributed by atoms with Crippen molar-refractivity contribution >= 4 is 17.6 Å². The molecule has 0 radical (unpaired) electrons. The fourth-order valence-electron chi connectivity index (χ4n) is 1.41. The summed E-state index contributed by atoms with van der Waals surface area (Å²) < 4.78 is 0. The van der Waals surface area contributed by atoms with Gasteiger partial charge in [0, 0.05) is 5.56 Å². The van der Waals surface area contributed by atoms with Gasteiger partial charge in [-0.1, -0.05) is 27.2 Å². The number of aromatic nitrogens is 2. The zero-order valence-corrected chi connectivity index (χ0v) is 11.2. The van der Waals surface area contributed by atoms with E-state index in [0.29, 0.717) is 5.82 Å². The third-order valence-electron chi connectivity index (χ3n) is 2.37. The second-order valence-electron chi connectivity index (χ2n) is 4.32. The van der Waals surface area contributed by atoms with Crippen LogP contribution in [0, 0.1) is 5.92 Å². The highest BCUT2D eigenvalue weighted by atomic mass is 32.2. The molecule has 2 N–H and O–H groups in total. The lowest BCUT2D eigenvalue weighted by Gasteiger charge is -2.09. The summed E-state index contributed by atoms with van der Waals surface area (Å²) in [5.41, 5.74) is 7.00. The summed E-state index contributed by atoms with van der Waals surface area (Å²) in [7, 11) is 0. The van der Waals surface area contributed by atoms with Crippen molar-refractivity contribution in [1.29, 1.82) is 0 Å². The average Bonchev–Trinajstić information content (AvgIpc) is 2.22. The Morgan fingerprint density at radius 2 is 2.12 bits per heavy atom. The molecule has 0 aromatic carbocycles. The lowest BCUT2D eigenvalue weighted by molar-refractivity contribution is 0.631. The normalized spacial score (nSPS) is 11.0. The molecule has 0 atom stereocenters. The van der Waals surface area contributed by atoms with Crippen molar-refractivity contribution in [1.82, 2.24) is 9.97 Å². The third-order valence-corrected chi connectivity index (χ3v) is 3.44. The number of nitrogens with zero attached hydrogens (tertiary/aromatic N) is 2. The van der Waals surface area contributed by atoms with E-state index in [1.54, 1.807) is 18.1 Å². The van der Waals surface area contributed by atoms with Crippen molar-refractivity contribution < 1.29 is 0 Å². The van der Waals surface area contributed by atoms with E-state index in [-0.39, 0.29) is 0 Å². The Labute approximate surface area is 102 Å². The number of rotatable bonds is 6. The molecule has 3 nitrogen and oxygen atoms in total. The summed E-state index contributed by atoms with van der Waals surface area (Å²) in [6.45, 7) is 6.62. The van der Waals surface area contributed by atoms with Crippen LogP contribution in [0.25, 0.3) is 0 Å². The molecule has 0 saturated carbocycles. The zero-order chi connectivity index (χ0) is 12.0. The average molecular weight is 239 g/mol. The molecule has 0 aliphatic carbocycles. The Kier molecular flexibility index (Phi) is 5.60. The predicted molar refractivity (Wildman–Crippen MR) is 70.6 cm³/mol. The highest BCUT2D eigenvalue weighted by molar-refractivity contribution is 7.99. The zero-order valence-electron chi connectivity index (χ0n) is 10.4. The van der Waals surface area contributed by atoms with Crippen LogP contribution >= 0.6 is 11.8 Å². The van der Waals surface area contributed by atoms with E-state index in [4.69, 9.17) is 5.73 Å². The first-order valence-electron chi connectivity index (χ1n) is 5.87. The second-order valence-corrected chi connectivity index (χ2v) is 5.41. The Hall–Kier alpha value is -0.770. The van der Waals surface area contributed by atoms with Crippen LogP contribution in [0.3, 0.4) is 0 Å². The molecule has 0 aliphatic heterocycles. The van der Waals surface area contributed by atoms with Crippen molar-refractivity contribution in [3.8, 4) is 0 Å². The van der Waals surface area contributed by atoms with E-state index >= 15 is 0 Å². The summed E-state index contributed by atoms with van der Waals surface area (Å²) in [5.74, 6) is 2.48. The first kappa shape index (κ1) is 13.3. The van der Waals surface area contributed by atoms with Gasteiger partial charge in [0.05, 0.1) is 0 Å². The summed E-state index contributed by atoms with van der Waals surface area (Å²) in [5, 5.41) is 1.06. The molecule has 0 saturated heterocycles. The fraction of sp³-hybridized carbons (Fsp3) is 0.667. The number of hydrogen-bond donors (Lipinski definition) is 1. The van der Waals surface area contributed by atoms with Crippen molar-refractivity contribution in [2.24, 2.45) is 5.92 Å².